The molecule has 1 aliphatic heterocycles. The topological polar surface area (TPSA) is 89.9 Å². The Bertz CT molecular complexity index is 878. The van der Waals surface area contributed by atoms with Crippen LogP contribution in [0.5, 0.6) is 0 Å². The second kappa shape index (κ2) is 12.2. The second-order valence-electron chi connectivity index (χ2n) is 7.20. The molecule has 1 aliphatic rings. The molecule has 1 aromatic heterocycles. The van der Waals surface area contributed by atoms with Crippen molar-refractivity contribution in [2.45, 2.75) is 18.9 Å². The average Bonchev–Trinajstić information content (AvgIpc) is 3.15. The number of carbonyl (C=O) groups excluding carboxylic acids is 2. The fourth-order valence-electron chi connectivity index (χ4n) is 3.30. The summed E-state index contributed by atoms with van der Waals surface area (Å²) < 4.78 is 0. The first kappa shape index (κ1) is 24.6. The van der Waals surface area contributed by atoms with Gasteiger partial charge in [-0.05, 0) is 24.3 Å². The molecular formula is C22H29IN6O2. The predicted octanol–water partition coefficient (Wildman–Crippen LogP) is 1.67. The van der Waals surface area contributed by atoms with Crippen LogP contribution in [0.15, 0.2) is 59.7 Å². The Hall–Kier alpha value is -2.69. The highest BCUT2D eigenvalue weighted by Crippen LogP contribution is 2.20. The van der Waals surface area contributed by atoms with Crippen LogP contribution >= 0.6 is 24.0 Å². The van der Waals surface area contributed by atoms with Gasteiger partial charge in [0.25, 0.3) is 0 Å². The fourth-order valence-corrected chi connectivity index (χ4v) is 3.30. The molecule has 3 rings (SSSR count). The lowest BCUT2D eigenvalue weighted by Gasteiger charge is -2.20. The minimum absolute atomic E-state index is 0. The number of guanidine groups is 1. The number of carbonyl (C=O) groups is 2. The summed E-state index contributed by atoms with van der Waals surface area (Å²) >= 11 is 0. The third-order valence-electron chi connectivity index (χ3n) is 5.02. The zero-order valence-electron chi connectivity index (χ0n) is 17.8. The summed E-state index contributed by atoms with van der Waals surface area (Å²) in [5, 5.41) is 6.29. The molecule has 2 heterocycles. The maximum absolute atomic E-state index is 12.4. The third kappa shape index (κ3) is 7.20. The van der Waals surface area contributed by atoms with Gasteiger partial charge in [-0.25, -0.2) is 0 Å². The summed E-state index contributed by atoms with van der Waals surface area (Å²) in [4.78, 5) is 36.7. The van der Waals surface area contributed by atoms with E-state index in [1.807, 2.05) is 48.5 Å². The molecule has 1 unspecified atom stereocenters. The van der Waals surface area contributed by atoms with Crippen LogP contribution in [0.3, 0.4) is 0 Å². The van der Waals surface area contributed by atoms with Gasteiger partial charge >= 0.3 is 0 Å². The highest BCUT2D eigenvalue weighted by atomic mass is 127. The van der Waals surface area contributed by atoms with Gasteiger partial charge in [0.05, 0.1) is 12.6 Å². The van der Waals surface area contributed by atoms with Crippen molar-refractivity contribution in [3.05, 3.63) is 60.4 Å². The Labute approximate surface area is 200 Å². The SMILES string of the molecule is CN=C(NCC(=O)N(C)CCc1ccccn1)NC1CC(=O)N(c2ccccc2)C1.I. The molecule has 9 heteroatoms. The Balaban J connectivity index is 0.00000341. The van der Waals surface area contributed by atoms with Crippen LogP contribution in [0.1, 0.15) is 12.1 Å². The number of hydrogen-bond acceptors (Lipinski definition) is 4. The molecule has 1 aromatic carbocycles. The number of aromatic nitrogens is 1. The van der Waals surface area contributed by atoms with Crippen LogP contribution in [-0.4, -0.2) is 67.4 Å². The quantitative estimate of drug-likeness (QED) is 0.320. The van der Waals surface area contributed by atoms with E-state index in [2.05, 4.69) is 20.6 Å². The lowest BCUT2D eigenvalue weighted by molar-refractivity contribution is -0.128. The van der Waals surface area contributed by atoms with Crippen molar-refractivity contribution in [1.29, 1.82) is 0 Å². The van der Waals surface area contributed by atoms with Crippen molar-refractivity contribution in [3.8, 4) is 0 Å². The molecule has 1 saturated heterocycles. The molecule has 0 spiro atoms. The fraction of sp³-hybridized carbons (Fsp3) is 0.364. The molecular weight excluding hydrogens is 507 g/mol. The van der Waals surface area contributed by atoms with Crippen LogP contribution < -0.4 is 15.5 Å². The van der Waals surface area contributed by atoms with Gasteiger partial charge in [-0.1, -0.05) is 24.3 Å². The highest BCUT2D eigenvalue weighted by molar-refractivity contribution is 14.0. The number of aliphatic imine (C=N–C) groups is 1. The number of nitrogens with one attached hydrogen (secondary N) is 2. The minimum Gasteiger partial charge on any atom is -0.351 e. The molecule has 8 nitrogen and oxygen atoms in total. The van der Waals surface area contributed by atoms with Gasteiger partial charge in [0.15, 0.2) is 5.96 Å². The molecule has 1 fully saturated rings. The zero-order valence-corrected chi connectivity index (χ0v) is 20.2. The van der Waals surface area contributed by atoms with E-state index in [-0.39, 0.29) is 48.4 Å². The third-order valence-corrected chi connectivity index (χ3v) is 5.02. The Morgan fingerprint density at radius 3 is 2.65 bits per heavy atom. The van der Waals surface area contributed by atoms with Gasteiger partial charge in [-0.2, -0.15) is 0 Å². The second-order valence-corrected chi connectivity index (χ2v) is 7.20. The number of hydrogen-bond donors (Lipinski definition) is 2. The Morgan fingerprint density at radius 1 is 1.23 bits per heavy atom. The highest BCUT2D eigenvalue weighted by Gasteiger charge is 2.31. The first-order valence-electron chi connectivity index (χ1n) is 10.0. The average molecular weight is 536 g/mol. The van der Waals surface area contributed by atoms with Gasteiger partial charge in [0.2, 0.25) is 11.8 Å². The Kier molecular flexibility index (Phi) is 9.70. The van der Waals surface area contributed by atoms with Crippen molar-refractivity contribution in [2.75, 3.05) is 38.6 Å². The normalized spacial score (nSPS) is 15.9. The van der Waals surface area contributed by atoms with Crippen LogP contribution in [0.4, 0.5) is 5.69 Å². The van der Waals surface area contributed by atoms with Crippen LogP contribution in [0.2, 0.25) is 0 Å². The minimum atomic E-state index is -0.0686. The van der Waals surface area contributed by atoms with Gasteiger partial charge in [-0.15, -0.1) is 24.0 Å². The molecule has 166 valence electrons. The molecule has 31 heavy (non-hydrogen) atoms. The van der Waals surface area contributed by atoms with Crippen molar-refractivity contribution in [1.82, 2.24) is 20.5 Å². The number of rotatable bonds is 7. The number of likely N-dealkylation sites (N-methyl/N-ethyl adjacent to an activating group) is 1. The molecule has 2 amide bonds. The standard InChI is InChI=1S/C22H28N6O2.HI/c1-23-22(25-15-21(30)27(2)13-11-17-8-6-7-12-24-17)26-18-14-20(29)28(16-18)19-9-4-3-5-10-19;/h3-10,12,18H,11,13-16H2,1-2H3,(H2,23,25,26);1H. The van der Waals surface area contributed by atoms with Crippen LogP contribution in [-0.2, 0) is 16.0 Å². The number of nitrogens with zero attached hydrogens (tertiary/aromatic N) is 4. The Morgan fingerprint density at radius 2 is 1.97 bits per heavy atom. The number of anilines is 1. The largest absolute Gasteiger partial charge is 0.351 e. The van der Waals surface area contributed by atoms with Crippen molar-refractivity contribution in [3.63, 3.8) is 0 Å². The van der Waals surface area contributed by atoms with E-state index in [0.29, 0.717) is 31.9 Å². The smallest absolute Gasteiger partial charge is 0.241 e. The van der Waals surface area contributed by atoms with Crippen LogP contribution in [0.25, 0.3) is 0 Å². The molecule has 0 saturated carbocycles. The molecule has 2 aromatic rings. The van der Waals surface area contributed by atoms with Crippen molar-refractivity contribution in [2.24, 2.45) is 4.99 Å². The van der Waals surface area contributed by atoms with Gasteiger partial charge in [0.1, 0.15) is 0 Å². The van der Waals surface area contributed by atoms with E-state index < -0.39 is 0 Å². The lowest BCUT2D eigenvalue weighted by Crippen LogP contribution is -2.48. The monoisotopic (exact) mass is 536 g/mol. The van der Waals surface area contributed by atoms with Crippen molar-refractivity contribution < 1.29 is 9.59 Å². The summed E-state index contributed by atoms with van der Waals surface area (Å²) in [5.41, 5.74) is 1.84. The van der Waals surface area contributed by atoms with Gasteiger partial charge in [-0.3, -0.25) is 19.6 Å². The summed E-state index contributed by atoms with van der Waals surface area (Å²) in [6, 6.07) is 15.3. The zero-order chi connectivity index (χ0) is 21.3. The number of amides is 2. The molecule has 1 atom stereocenters. The van der Waals surface area contributed by atoms with Crippen LogP contribution in [0, 0.1) is 0 Å². The molecule has 0 radical (unpaired) electrons. The molecule has 0 bridgehead atoms. The van der Waals surface area contributed by atoms with E-state index in [0.717, 1.165) is 11.4 Å². The summed E-state index contributed by atoms with van der Waals surface area (Å²) in [6.07, 6.45) is 2.84. The first-order chi connectivity index (χ1) is 14.6. The maximum Gasteiger partial charge on any atom is 0.241 e. The van der Waals surface area contributed by atoms with Crippen molar-refractivity contribution >= 4 is 47.4 Å². The van der Waals surface area contributed by atoms with E-state index in [4.69, 9.17) is 0 Å². The number of pyridine rings is 1. The number of para-hydroxylation sites is 1. The number of benzene rings is 1. The summed E-state index contributed by atoms with van der Waals surface area (Å²) in [6.45, 7) is 1.27. The summed E-state index contributed by atoms with van der Waals surface area (Å²) in [7, 11) is 3.42. The molecule has 0 aliphatic carbocycles. The molecule has 2 N–H and O–H groups in total. The van der Waals surface area contributed by atoms with E-state index in [1.54, 1.807) is 30.1 Å². The summed E-state index contributed by atoms with van der Waals surface area (Å²) in [5.74, 6) is 0.538. The van der Waals surface area contributed by atoms with E-state index in [1.165, 1.54) is 0 Å². The van der Waals surface area contributed by atoms with Gasteiger partial charge in [0, 0.05) is 57.6 Å². The van der Waals surface area contributed by atoms with E-state index >= 15 is 0 Å². The first-order valence-corrected chi connectivity index (χ1v) is 10.0. The lowest BCUT2D eigenvalue weighted by atomic mass is 10.2. The van der Waals surface area contributed by atoms with Gasteiger partial charge < -0.3 is 20.4 Å². The maximum atomic E-state index is 12.4. The predicted molar refractivity (Wildman–Crippen MR) is 133 cm³/mol. The number of halogens is 1. The van der Waals surface area contributed by atoms with E-state index in [9.17, 15) is 9.59 Å².